The summed E-state index contributed by atoms with van der Waals surface area (Å²) < 4.78 is 5.59. The van der Waals surface area contributed by atoms with Gasteiger partial charge in [-0.1, -0.05) is 77.8 Å². The van der Waals surface area contributed by atoms with Gasteiger partial charge in [0.2, 0.25) is 11.8 Å². The van der Waals surface area contributed by atoms with Gasteiger partial charge in [0.15, 0.2) is 0 Å². The largest absolute Gasteiger partial charge is 0.481 e. The van der Waals surface area contributed by atoms with Gasteiger partial charge in [-0.25, -0.2) is 9.78 Å². The highest BCUT2D eigenvalue weighted by atomic mass is 35.5. The minimum atomic E-state index is -1.08. The van der Waals surface area contributed by atoms with E-state index >= 15 is 0 Å². The molecule has 0 aliphatic carbocycles. The van der Waals surface area contributed by atoms with Crippen molar-refractivity contribution in [1.82, 2.24) is 20.5 Å². The molecule has 0 unspecified atom stereocenters. The first-order chi connectivity index (χ1) is 21.8. The van der Waals surface area contributed by atoms with Crippen molar-refractivity contribution in [2.45, 2.75) is 44.8 Å². The first-order valence-corrected chi connectivity index (χ1v) is 15.8. The van der Waals surface area contributed by atoms with Gasteiger partial charge in [-0.15, -0.1) is 0 Å². The molecule has 232 valence electrons. The van der Waals surface area contributed by atoms with Crippen LogP contribution in [0.5, 0.6) is 5.88 Å². The summed E-state index contributed by atoms with van der Waals surface area (Å²) in [6.07, 6.45) is 2.05. The summed E-state index contributed by atoms with van der Waals surface area (Å²) in [5, 5.41) is 17.2. The standard InChI is InChI=1S/C35H34Cl2N4O4/c1-45-34-24(19-41(35(43)44)20-25-13-15-31(42)39-25)12-14-30(40-34)29-9-3-8-28(33(29)37)27-7-2-6-26(32(27)36)22-10-11-23-18-38-16-4-5-21(23)17-22/h2-3,6-12,14,17,25,38H,4-5,13,15-16,18-20H2,1H3,(H,39,42)(H,43,44)/t25-/m0/s1. The Balaban J connectivity index is 1.29. The van der Waals surface area contributed by atoms with Crippen molar-refractivity contribution in [3.63, 3.8) is 0 Å². The van der Waals surface area contributed by atoms with E-state index in [-0.39, 0.29) is 25.0 Å². The molecule has 6 rings (SSSR count). The van der Waals surface area contributed by atoms with Crippen molar-refractivity contribution in [3.05, 3.63) is 93.5 Å². The minimum absolute atomic E-state index is 0.0622. The van der Waals surface area contributed by atoms with Crippen molar-refractivity contribution in [3.8, 4) is 39.4 Å². The van der Waals surface area contributed by atoms with E-state index in [0.717, 1.165) is 48.2 Å². The Bertz CT molecular complexity index is 1760. The third kappa shape index (κ3) is 6.64. The molecule has 1 aromatic heterocycles. The second-order valence-corrected chi connectivity index (χ2v) is 12.2. The van der Waals surface area contributed by atoms with Crippen LogP contribution in [0.3, 0.4) is 0 Å². The lowest BCUT2D eigenvalue weighted by Crippen LogP contribution is -2.41. The topological polar surface area (TPSA) is 104 Å². The maximum Gasteiger partial charge on any atom is 0.407 e. The van der Waals surface area contributed by atoms with Gasteiger partial charge in [0.05, 0.1) is 29.4 Å². The van der Waals surface area contributed by atoms with Crippen LogP contribution in [0.1, 0.15) is 36.0 Å². The Morgan fingerprint density at radius 1 is 0.978 bits per heavy atom. The maximum atomic E-state index is 12.0. The second-order valence-electron chi connectivity index (χ2n) is 11.4. The summed E-state index contributed by atoms with van der Waals surface area (Å²) in [4.78, 5) is 29.6. The lowest BCUT2D eigenvalue weighted by Gasteiger charge is -2.23. The Labute approximate surface area is 272 Å². The summed E-state index contributed by atoms with van der Waals surface area (Å²) in [6.45, 7) is 2.14. The van der Waals surface area contributed by atoms with E-state index in [9.17, 15) is 14.7 Å². The van der Waals surface area contributed by atoms with E-state index in [1.165, 1.54) is 23.1 Å². The Morgan fingerprint density at radius 2 is 1.71 bits per heavy atom. The van der Waals surface area contributed by atoms with Crippen molar-refractivity contribution in [1.29, 1.82) is 0 Å². The smallest absolute Gasteiger partial charge is 0.407 e. The third-order valence-corrected chi connectivity index (χ3v) is 9.30. The van der Waals surface area contributed by atoms with Crippen molar-refractivity contribution in [2.75, 3.05) is 20.2 Å². The molecular weight excluding hydrogens is 611 g/mol. The number of carbonyl (C=O) groups excluding carboxylic acids is 1. The number of benzene rings is 3. The molecule has 4 aromatic rings. The Morgan fingerprint density at radius 3 is 2.42 bits per heavy atom. The monoisotopic (exact) mass is 644 g/mol. The average molecular weight is 646 g/mol. The molecule has 3 N–H and O–H groups in total. The number of halogens is 2. The van der Waals surface area contributed by atoms with Gasteiger partial charge in [-0.2, -0.15) is 0 Å². The number of pyridine rings is 1. The van der Waals surface area contributed by atoms with Gasteiger partial charge >= 0.3 is 6.09 Å². The molecule has 3 aromatic carbocycles. The predicted molar refractivity (Wildman–Crippen MR) is 177 cm³/mol. The predicted octanol–water partition coefficient (Wildman–Crippen LogP) is 7.19. The highest BCUT2D eigenvalue weighted by Gasteiger charge is 2.26. The quantitative estimate of drug-likeness (QED) is 0.187. The highest BCUT2D eigenvalue weighted by molar-refractivity contribution is 6.39. The van der Waals surface area contributed by atoms with Gasteiger partial charge in [0.25, 0.3) is 0 Å². The van der Waals surface area contributed by atoms with Gasteiger partial charge < -0.3 is 25.4 Å². The average Bonchev–Trinajstić information content (AvgIpc) is 3.30. The number of nitrogens with one attached hydrogen (secondary N) is 2. The van der Waals surface area contributed by atoms with Crippen LogP contribution >= 0.6 is 23.2 Å². The minimum Gasteiger partial charge on any atom is -0.481 e. The fourth-order valence-corrected chi connectivity index (χ4v) is 6.80. The van der Waals surface area contributed by atoms with Crippen LogP contribution in [0, 0.1) is 0 Å². The summed E-state index contributed by atoms with van der Waals surface area (Å²) >= 11 is 14.2. The van der Waals surface area contributed by atoms with E-state index in [0.29, 0.717) is 45.6 Å². The van der Waals surface area contributed by atoms with Crippen LogP contribution < -0.4 is 15.4 Å². The molecule has 1 fully saturated rings. The second kappa shape index (κ2) is 13.5. The lowest BCUT2D eigenvalue weighted by molar-refractivity contribution is -0.119. The fourth-order valence-electron chi connectivity index (χ4n) is 6.14. The summed E-state index contributed by atoms with van der Waals surface area (Å²) in [5.41, 5.74) is 8.17. The molecular formula is C35H34Cl2N4O4. The van der Waals surface area contributed by atoms with Crippen molar-refractivity contribution in [2.24, 2.45) is 0 Å². The number of hydrogen-bond donors (Lipinski definition) is 3. The summed E-state index contributed by atoms with van der Waals surface area (Å²) in [6, 6.07) is 21.7. The summed E-state index contributed by atoms with van der Waals surface area (Å²) in [7, 11) is 1.50. The number of ether oxygens (including phenoxy) is 1. The van der Waals surface area contributed by atoms with Gasteiger partial charge in [-0.3, -0.25) is 4.79 Å². The number of amides is 2. The molecule has 0 saturated carbocycles. The highest BCUT2D eigenvalue weighted by Crippen LogP contribution is 2.42. The molecule has 0 radical (unpaired) electrons. The number of aryl methyl sites for hydroxylation is 1. The van der Waals surface area contributed by atoms with Crippen LogP contribution in [0.2, 0.25) is 10.0 Å². The molecule has 2 aliphatic heterocycles. The van der Waals surface area contributed by atoms with Crippen molar-refractivity contribution >= 4 is 35.2 Å². The normalized spacial score (nSPS) is 16.1. The van der Waals surface area contributed by atoms with Crippen LogP contribution in [0.15, 0.2) is 66.7 Å². The van der Waals surface area contributed by atoms with E-state index < -0.39 is 6.09 Å². The number of fused-ring (bicyclic) bond motifs is 1. The number of carbonyl (C=O) groups is 2. The molecule has 8 nitrogen and oxygen atoms in total. The molecule has 2 amide bonds. The first-order valence-electron chi connectivity index (χ1n) is 15.0. The zero-order valence-electron chi connectivity index (χ0n) is 24.9. The lowest BCUT2D eigenvalue weighted by atomic mass is 9.94. The zero-order chi connectivity index (χ0) is 31.5. The maximum absolute atomic E-state index is 12.0. The number of aromatic nitrogens is 1. The third-order valence-electron chi connectivity index (χ3n) is 8.49. The SMILES string of the molecule is COc1nc(-c2cccc(-c3cccc(-c4ccc5c(c4)CCCNC5)c3Cl)c2Cl)ccc1CN(C[C@@H]1CCC(=O)N1)C(=O)O. The van der Waals surface area contributed by atoms with Gasteiger partial charge in [-0.05, 0) is 54.6 Å². The molecule has 0 spiro atoms. The molecule has 2 aliphatic rings. The number of carboxylic acid groups (broad SMARTS) is 1. The molecule has 0 bridgehead atoms. The van der Waals surface area contributed by atoms with Gasteiger partial charge in [0.1, 0.15) is 0 Å². The first kappa shape index (κ1) is 30.9. The number of methoxy groups -OCH3 is 1. The van der Waals surface area contributed by atoms with E-state index in [1.54, 1.807) is 6.07 Å². The molecule has 3 heterocycles. The van der Waals surface area contributed by atoms with Crippen LogP contribution in [0.25, 0.3) is 33.5 Å². The molecule has 10 heteroatoms. The zero-order valence-corrected chi connectivity index (χ0v) is 26.4. The summed E-state index contributed by atoms with van der Waals surface area (Å²) in [5.74, 6) is 0.238. The Kier molecular flexibility index (Phi) is 9.26. The van der Waals surface area contributed by atoms with Crippen LogP contribution in [-0.4, -0.2) is 53.2 Å². The van der Waals surface area contributed by atoms with Crippen LogP contribution in [-0.2, 0) is 24.3 Å². The van der Waals surface area contributed by atoms with Gasteiger partial charge in [0, 0.05) is 53.4 Å². The van der Waals surface area contributed by atoms with Crippen molar-refractivity contribution < 1.29 is 19.4 Å². The Hall–Kier alpha value is -4.11. The molecule has 45 heavy (non-hydrogen) atoms. The van der Waals surface area contributed by atoms with E-state index in [1.807, 2.05) is 42.5 Å². The van der Waals surface area contributed by atoms with E-state index in [4.69, 9.17) is 32.9 Å². The van der Waals surface area contributed by atoms with Crippen LogP contribution in [0.4, 0.5) is 4.79 Å². The number of rotatable bonds is 8. The van der Waals surface area contributed by atoms with E-state index in [2.05, 4.69) is 28.8 Å². The number of nitrogens with zero attached hydrogens (tertiary/aromatic N) is 2. The number of hydrogen-bond acceptors (Lipinski definition) is 5. The fraction of sp³-hybridized carbons (Fsp3) is 0.286. The molecule has 1 atom stereocenters. The molecule has 1 saturated heterocycles.